The highest BCUT2D eigenvalue weighted by Gasteiger charge is 2.22. The Labute approximate surface area is 169 Å². The van der Waals surface area contributed by atoms with Crippen LogP contribution in [0.3, 0.4) is 0 Å². The summed E-state index contributed by atoms with van der Waals surface area (Å²) in [5.74, 6) is 2.32. The van der Waals surface area contributed by atoms with Gasteiger partial charge in [0.15, 0.2) is 5.82 Å². The third-order valence-electron chi connectivity index (χ3n) is 4.84. The van der Waals surface area contributed by atoms with Gasteiger partial charge in [0.1, 0.15) is 18.2 Å². The Morgan fingerprint density at radius 3 is 2.52 bits per heavy atom. The summed E-state index contributed by atoms with van der Waals surface area (Å²) in [4.78, 5) is 25.5. The number of aryl methyl sites for hydroxylation is 1. The summed E-state index contributed by atoms with van der Waals surface area (Å²) in [5.41, 5.74) is 1.07. The zero-order valence-corrected chi connectivity index (χ0v) is 16.4. The number of anilines is 1. The molecule has 0 saturated carbocycles. The monoisotopic (exact) mass is 392 g/mol. The molecule has 0 spiro atoms. The van der Waals surface area contributed by atoms with Gasteiger partial charge in [0.05, 0.1) is 6.61 Å². The van der Waals surface area contributed by atoms with Crippen molar-refractivity contribution >= 4 is 11.7 Å². The van der Waals surface area contributed by atoms with Crippen LogP contribution in [0.1, 0.15) is 11.4 Å². The fourth-order valence-electron chi connectivity index (χ4n) is 3.33. The van der Waals surface area contributed by atoms with Gasteiger partial charge in [-0.05, 0) is 18.6 Å². The van der Waals surface area contributed by atoms with E-state index in [4.69, 9.17) is 4.74 Å². The number of hydrogen-bond donors (Lipinski definition) is 0. The Kier molecular flexibility index (Phi) is 5.81. The Bertz CT molecular complexity index is 937. The fraction of sp³-hybridized carbons (Fsp3) is 0.333. The lowest BCUT2D eigenvalue weighted by molar-refractivity contribution is -0.136. The standard InChI is InChI=1S/C21H24N6O2/c1-17-23-19(14-20(24-17)27-9-5-8-22-27)25-10-12-26(13-11-25)21(28)16-29-15-18-6-3-2-4-7-18/h2-9,14H,10-13,15-16H2,1H3. The average molecular weight is 392 g/mol. The zero-order valence-electron chi connectivity index (χ0n) is 16.4. The molecule has 1 amide bonds. The van der Waals surface area contributed by atoms with Gasteiger partial charge in [-0.15, -0.1) is 0 Å². The topological polar surface area (TPSA) is 76.4 Å². The first-order valence-corrected chi connectivity index (χ1v) is 9.69. The normalized spacial score (nSPS) is 14.2. The number of hydrogen-bond acceptors (Lipinski definition) is 6. The van der Waals surface area contributed by atoms with Gasteiger partial charge in [0, 0.05) is 44.6 Å². The molecule has 2 aromatic heterocycles. The van der Waals surface area contributed by atoms with Gasteiger partial charge in [0.25, 0.3) is 0 Å². The number of ether oxygens (including phenoxy) is 1. The summed E-state index contributed by atoms with van der Waals surface area (Å²) in [7, 11) is 0. The van der Waals surface area contributed by atoms with Gasteiger partial charge in [-0.1, -0.05) is 30.3 Å². The van der Waals surface area contributed by atoms with Crippen molar-refractivity contribution in [3.63, 3.8) is 0 Å². The summed E-state index contributed by atoms with van der Waals surface area (Å²) in [5, 5.41) is 4.24. The molecule has 3 heterocycles. The van der Waals surface area contributed by atoms with Crippen LogP contribution in [0.15, 0.2) is 54.9 Å². The van der Waals surface area contributed by atoms with E-state index in [0.717, 1.165) is 30.3 Å². The molecular formula is C21H24N6O2. The Morgan fingerprint density at radius 2 is 1.79 bits per heavy atom. The molecule has 0 aliphatic carbocycles. The largest absolute Gasteiger partial charge is 0.367 e. The summed E-state index contributed by atoms with van der Waals surface area (Å²) in [6.45, 7) is 5.16. The van der Waals surface area contributed by atoms with E-state index in [1.165, 1.54) is 0 Å². The molecule has 0 radical (unpaired) electrons. The number of amides is 1. The molecule has 4 rings (SSSR count). The highest BCUT2D eigenvalue weighted by atomic mass is 16.5. The molecule has 8 heteroatoms. The first-order chi connectivity index (χ1) is 14.2. The molecule has 1 aliphatic rings. The molecule has 150 valence electrons. The van der Waals surface area contributed by atoms with Gasteiger partial charge in [-0.2, -0.15) is 5.10 Å². The zero-order chi connectivity index (χ0) is 20.1. The van der Waals surface area contributed by atoms with E-state index in [0.29, 0.717) is 25.5 Å². The molecule has 0 bridgehead atoms. The Morgan fingerprint density at radius 1 is 1.03 bits per heavy atom. The maximum Gasteiger partial charge on any atom is 0.248 e. The van der Waals surface area contributed by atoms with Crippen molar-refractivity contribution in [2.45, 2.75) is 13.5 Å². The third kappa shape index (κ3) is 4.78. The SMILES string of the molecule is Cc1nc(N2CCN(C(=O)COCc3ccccc3)CC2)cc(-n2cccn2)n1. The lowest BCUT2D eigenvalue weighted by Gasteiger charge is -2.35. The smallest absolute Gasteiger partial charge is 0.248 e. The van der Waals surface area contributed by atoms with Gasteiger partial charge < -0.3 is 14.5 Å². The third-order valence-corrected chi connectivity index (χ3v) is 4.84. The second kappa shape index (κ2) is 8.83. The Balaban J connectivity index is 1.31. The molecule has 3 aromatic rings. The summed E-state index contributed by atoms with van der Waals surface area (Å²) < 4.78 is 7.31. The maximum absolute atomic E-state index is 12.4. The van der Waals surface area contributed by atoms with Crippen LogP contribution in [-0.4, -0.2) is 63.3 Å². The van der Waals surface area contributed by atoms with Crippen molar-refractivity contribution in [1.82, 2.24) is 24.6 Å². The van der Waals surface area contributed by atoms with E-state index in [1.54, 1.807) is 10.9 Å². The quantitative estimate of drug-likeness (QED) is 0.637. The molecule has 8 nitrogen and oxygen atoms in total. The fourth-order valence-corrected chi connectivity index (χ4v) is 3.33. The molecule has 1 saturated heterocycles. The van der Waals surface area contributed by atoms with Crippen molar-refractivity contribution in [2.24, 2.45) is 0 Å². The maximum atomic E-state index is 12.4. The molecule has 1 aromatic carbocycles. The van der Waals surface area contributed by atoms with Crippen LogP contribution in [0.4, 0.5) is 5.82 Å². The van der Waals surface area contributed by atoms with Crippen LogP contribution < -0.4 is 4.90 Å². The van der Waals surface area contributed by atoms with Crippen LogP contribution in [0.5, 0.6) is 0 Å². The summed E-state index contributed by atoms with van der Waals surface area (Å²) in [6, 6.07) is 13.7. The van der Waals surface area contributed by atoms with E-state index in [1.807, 2.05) is 60.5 Å². The van der Waals surface area contributed by atoms with E-state index in [9.17, 15) is 4.79 Å². The van der Waals surface area contributed by atoms with Crippen molar-refractivity contribution in [3.05, 3.63) is 66.2 Å². The predicted molar refractivity (Wildman–Crippen MR) is 109 cm³/mol. The lowest BCUT2D eigenvalue weighted by Crippen LogP contribution is -2.50. The highest BCUT2D eigenvalue weighted by molar-refractivity contribution is 5.77. The van der Waals surface area contributed by atoms with E-state index in [2.05, 4.69) is 20.0 Å². The number of carbonyl (C=O) groups excluding carboxylic acids is 1. The van der Waals surface area contributed by atoms with Crippen molar-refractivity contribution in [1.29, 1.82) is 0 Å². The molecule has 0 unspecified atom stereocenters. The van der Waals surface area contributed by atoms with Crippen LogP contribution in [0.25, 0.3) is 5.82 Å². The number of rotatable bonds is 6. The molecule has 0 atom stereocenters. The summed E-state index contributed by atoms with van der Waals surface area (Å²) >= 11 is 0. The number of aromatic nitrogens is 4. The summed E-state index contributed by atoms with van der Waals surface area (Å²) in [6.07, 6.45) is 3.58. The molecule has 0 N–H and O–H groups in total. The van der Waals surface area contributed by atoms with E-state index >= 15 is 0 Å². The van der Waals surface area contributed by atoms with Gasteiger partial charge in [0.2, 0.25) is 5.91 Å². The van der Waals surface area contributed by atoms with Crippen molar-refractivity contribution < 1.29 is 9.53 Å². The van der Waals surface area contributed by atoms with Crippen LogP contribution in [0, 0.1) is 6.92 Å². The van der Waals surface area contributed by atoms with Crippen LogP contribution >= 0.6 is 0 Å². The van der Waals surface area contributed by atoms with Crippen LogP contribution in [-0.2, 0) is 16.1 Å². The van der Waals surface area contributed by atoms with Crippen molar-refractivity contribution in [2.75, 3.05) is 37.7 Å². The number of carbonyl (C=O) groups is 1. The molecule has 1 fully saturated rings. The highest BCUT2D eigenvalue weighted by Crippen LogP contribution is 2.17. The number of benzene rings is 1. The van der Waals surface area contributed by atoms with Gasteiger partial charge in [-0.25, -0.2) is 14.6 Å². The second-order valence-electron chi connectivity index (χ2n) is 6.93. The van der Waals surface area contributed by atoms with Crippen LogP contribution in [0.2, 0.25) is 0 Å². The van der Waals surface area contributed by atoms with E-state index < -0.39 is 0 Å². The van der Waals surface area contributed by atoms with Crippen molar-refractivity contribution in [3.8, 4) is 5.82 Å². The second-order valence-corrected chi connectivity index (χ2v) is 6.93. The first kappa shape index (κ1) is 19.1. The van der Waals surface area contributed by atoms with Gasteiger partial charge in [-0.3, -0.25) is 4.79 Å². The first-order valence-electron chi connectivity index (χ1n) is 9.69. The van der Waals surface area contributed by atoms with E-state index in [-0.39, 0.29) is 12.5 Å². The minimum absolute atomic E-state index is 0.0247. The molecule has 29 heavy (non-hydrogen) atoms. The number of piperazine rings is 1. The van der Waals surface area contributed by atoms with Gasteiger partial charge >= 0.3 is 0 Å². The lowest BCUT2D eigenvalue weighted by atomic mass is 10.2. The molecular weight excluding hydrogens is 368 g/mol. The molecule has 1 aliphatic heterocycles. The predicted octanol–water partition coefficient (Wildman–Crippen LogP) is 1.84. The Hall–Kier alpha value is -3.26. The minimum Gasteiger partial charge on any atom is -0.367 e. The number of nitrogens with zero attached hydrogens (tertiary/aromatic N) is 6. The average Bonchev–Trinajstić information content (AvgIpc) is 3.29. The minimum atomic E-state index is 0.0247.